The van der Waals surface area contributed by atoms with Crippen LogP contribution in [-0.4, -0.2) is 18.5 Å². The lowest BCUT2D eigenvalue weighted by Crippen LogP contribution is -2.40. The van der Waals surface area contributed by atoms with Gasteiger partial charge in [0.05, 0.1) is 0 Å². The number of hydrogen-bond donors (Lipinski definition) is 2. The van der Waals surface area contributed by atoms with Crippen LogP contribution in [0.1, 0.15) is 20.3 Å². The van der Waals surface area contributed by atoms with E-state index in [1.54, 1.807) is 13.1 Å². The fourth-order valence-corrected chi connectivity index (χ4v) is 0.564. The van der Waals surface area contributed by atoms with E-state index in [-0.39, 0.29) is 5.91 Å². The molecule has 0 rings (SSSR count). The Bertz CT molecular complexity index is 162. The summed E-state index contributed by atoms with van der Waals surface area (Å²) < 4.78 is 0. The van der Waals surface area contributed by atoms with Gasteiger partial charge < -0.3 is 10.6 Å². The van der Waals surface area contributed by atoms with Crippen LogP contribution in [0.5, 0.6) is 0 Å². The molecule has 0 radical (unpaired) electrons. The molecule has 0 aromatic carbocycles. The minimum absolute atomic E-state index is 0.131. The Hall–Kier alpha value is -1.24. The van der Waals surface area contributed by atoms with Gasteiger partial charge in [0.1, 0.15) is 6.04 Å². The van der Waals surface area contributed by atoms with Crippen LogP contribution in [0, 0.1) is 11.5 Å². The topological polar surface area (TPSA) is 64.9 Å². The van der Waals surface area contributed by atoms with E-state index in [9.17, 15) is 4.79 Å². The van der Waals surface area contributed by atoms with Crippen molar-refractivity contribution in [2.75, 3.05) is 6.54 Å². The number of rotatable bonds is 4. The molecule has 0 heterocycles. The van der Waals surface area contributed by atoms with Gasteiger partial charge in [-0.2, -0.15) is 5.26 Å². The Morgan fingerprint density at radius 2 is 2.36 bits per heavy atom. The number of amides is 1. The molecule has 4 nitrogen and oxygen atoms in total. The molecule has 0 aliphatic carbocycles. The van der Waals surface area contributed by atoms with E-state index in [2.05, 4.69) is 10.6 Å². The molecule has 0 aromatic rings. The predicted molar refractivity (Wildman–Crippen MR) is 41.5 cm³/mol. The van der Waals surface area contributed by atoms with E-state index in [0.29, 0.717) is 6.54 Å². The van der Waals surface area contributed by atoms with Gasteiger partial charge in [-0.15, -0.1) is 0 Å². The number of nitrogens with one attached hydrogen (secondary N) is 2. The first-order valence-electron chi connectivity index (χ1n) is 3.64. The number of hydrogen-bond acceptors (Lipinski definition) is 3. The maximum atomic E-state index is 11.0. The van der Waals surface area contributed by atoms with Gasteiger partial charge in [-0.1, -0.05) is 6.92 Å². The van der Waals surface area contributed by atoms with Crippen LogP contribution in [-0.2, 0) is 4.79 Å². The SMILES string of the molecule is CCCNC(=O)C(C)NC#N. The highest BCUT2D eigenvalue weighted by atomic mass is 16.2. The molecular weight excluding hydrogens is 142 g/mol. The normalized spacial score (nSPS) is 11.4. The lowest BCUT2D eigenvalue weighted by atomic mass is 10.3. The zero-order valence-corrected chi connectivity index (χ0v) is 6.85. The van der Waals surface area contributed by atoms with Gasteiger partial charge in [0, 0.05) is 6.54 Å². The summed E-state index contributed by atoms with van der Waals surface area (Å²) in [5, 5.41) is 13.2. The van der Waals surface area contributed by atoms with Crippen molar-refractivity contribution in [2.24, 2.45) is 0 Å². The number of carbonyl (C=O) groups is 1. The van der Waals surface area contributed by atoms with E-state index >= 15 is 0 Å². The number of nitrogens with zero attached hydrogens (tertiary/aromatic N) is 1. The van der Waals surface area contributed by atoms with Crippen LogP contribution in [0.4, 0.5) is 0 Å². The fourth-order valence-electron chi connectivity index (χ4n) is 0.564. The molecule has 11 heavy (non-hydrogen) atoms. The van der Waals surface area contributed by atoms with Crippen molar-refractivity contribution in [3.63, 3.8) is 0 Å². The summed E-state index contributed by atoms with van der Waals surface area (Å²) in [5.74, 6) is -0.131. The molecule has 0 aliphatic rings. The van der Waals surface area contributed by atoms with Crippen LogP contribution in [0.2, 0.25) is 0 Å². The molecule has 0 saturated carbocycles. The molecule has 1 amide bonds. The summed E-state index contributed by atoms with van der Waals surface area (Å²) in [6, 6.07) is -0.424. The predicted octanol–water partition coefficient (Wildman–Crippen LogP) is -0.0282. The van der Waals surface area contributed by atoms with E-state index in [1.165, 1.54) is 0 Å². The van der Waals surface area contributed by atoms with Crippen molar-refractivity contribution >= 4 is 5.91 Å². The molecule has 0 aromatic heterocycles. The second-order valence-electron chi connectivity index (χ2n) is 2.27. The smallest absolute Gasteiger partial charge is 0.242 e. The van der Waals surface area contributed by atoms with Gasteiger partial charge in [0.25, 0.3) is 0 Å². The quantitative estimate of drug-likeness (QED) is 0.442. The molecule has 0 bridgehead atoms. The van der Waals surface area contributed by atoms with Gasteiger partial charge in [-0.3, -0.25) is 4.79 Å². The molecule has 0 spiro atoms. The maximum Gasteiger partial charge on any atom is 0.242 e. The molecule has 4 heteroatoms. The first-order chi connectivity index (χ1) is 5.22. The van der Waals surface area contributed by atoms with Crippen molar-refractivity contribution in [1.82, 2.24) is 10.6 Å². The zero-order chi connectivity index (χ0) is 8.69. The van der Waals surface area contributed by atoms with Crippen molar-refractivity contribution in [3.05, 3.63) is 0 Å². The molecule has 0 saturated heterocycles. The van der Waals surface area contributed by atoms with Crippen LogP contribution < -0.4 is 10.6 Å². The van der Waals surface area contributed by atoms with Crippen LogP contribution in [0.3, 0.4) is 0 Å². The maximum absolute atomic E-state index is 11.0. The Morgan fingerprint density at radius 1 is 1.73 bits per heavy atom. The highest BCUT2D eigenvalue weighted by Gasteiger charge is 2.09. The van der Waals surface area contributed by atoms with E-state index in [1.807, 2.05) is 6.92 Å². The van der Waals surface area contributed by atoms with E-state index < -0.39 is 6.04 Å². The van der Waals surface area contributed by atoms with Gasteiger partial charge in [0.2, 0.25) is 5.91 Å². The summed E-state index contributed by atoms with van der Waals surface area (Å²) in [4.78, 5) is 11.0. The summed E-state index contributed by atoms with van der Waals surface area (Å²) in [7, 11) is 0. The fraction of sp³-hybridized carbons (Fsp3) is 0.714. The number of carbonyl (C=O) groups excluding carboxylic acids is 1. The molecule has 0 fully saturated rings. The highest BCUT2D eigenvalue weighted by Crippen LogP contribution is 1.80. The zero-order valence-electron chi connectivity index (χ0n) is 6.85. The van der Waals surface area contributed by atoms with E-state index in [0.717, 1.165) is 6.42 Å². The Morgan fingerprint density at radius 3 is 2.82 bits per heavy atom. The van der Waals surface area contributed by atoms with Crippen molar-refractivity contribution < 1.29 is 4.79 Å². The first-order valence-corrected chi connectivity index (χ1v) is 3.64. The van der Waals surface area contributed by atoms with Crippen LogP contribution in [0.25, 0.3) is 0 Å². The lowest BCUT2D eigenvalue weighted by molar-refractivity contribution is -0.122. The second kappa shape index (κ2) is 5.54. The third-order valence-corrected chi connectivity index (χ3v) is 1.22. The molecule has 2 N–H and O–H groups in total. The van der Waals surface area contributed by atoms with Crippen molar-refractivity contribution in [1.29, 1.82) is 5.26 Å². The molecule has 62 valence electrons. The average Bonchev–Trinajstić information content (AvgIpc) is 2.00. The summed E-state index contributed by atoms with van der Waals surface area (Å²) in [6.07, 6.45) is 2.62. The average molecular weight is 155 g/mol. The lowest BCUT2D eigenvalue weighted by Gasteiger charge is -2.08. The largest absolute Gasteiger partial charge is 0.354 e. The van der Waals surface area contributed by atoms with Gasteiger partial charge in [-0.25, -0.2) is 0 Å². The molecule has 0 aliphatic heterocycles. The number of nitriles is 1. The van der Waals surface area contributed by atoms with Gasteiger partial charge in [-0.05, 0) is 13.3 Å². The Labute approximate surface area is 66.6 Å². The minimum atomic E-state index is -0.424. The van der Waals surface area contributed by atoms with Crippen molar-refractivity contribution in [3.8, 4) is 6.19 Å². The second-order valence-corrected chi connectivity index (χ2v) is 2.27. The highest BCUT2D eigenvalue weighted by molar-refractivity contribution is 5.81. The third kappa shape index (κ3) is 4.20. The third-order valence-electron chi connectivity index (χ3n) is 1.22. The first kappa shape index (κ1) is 9.76. The molecule has 1 unspecified atom stereocenters. The minimum Gasteiger partial charge on any atom is -0.354 e. The van der Waals surface area contributed by atoms with Gasteiger partial charge in [0.15, 0.2) is 6.19 Å². The molecular formula is C7H13N3O. The molecule has 1 atom stereocenters. The van der Waals surface area contributed by atoms with Gasteiger partial charge >= 0.3 is 0 Å². The van der Waals surface area contributed by atoms with Crippen LogP contribution in [0.15, 0.2) is 0 Å². The van der Waals surface area contributed by atoms with Crippen LogP contribution >= 0.6 is 0 Å². The van der Waals surface area contributed by atoms with Crippen molar-refractivity contribution in [2.45, 2.75) is 26.3 Å². The Kier molecular flexibility index (Phi) is 4.91. The summed E-state index contributed by atoms with van der Waals surface area (Å²) in [5.41, 5.74) is 0. The Balaban J connectivity index is 3.57. The summed E-state index contributed by atoms with van der Waals surface area (Å²) in [6.45, 7) is 4.28. The standard InChI is InChI=1S/C7H13N3O/c1-3-4-9-7(11)6(2)10-5-8/h6,10H,3-4H2,1-2H3,(H,9,11). The summed E-state index contributed by atoms with van der Waals surface area (Å²) >= 11 is 0. The van der Waals surface area contributed by atoms with E-state index in [4.69, 9.17) is 5.26 Å². The monoisotopic (exact) mass is 155 g/mol.